The maximum Gasteiger partial charge on any atom is 0.270 e. The van der Waals surface area contributed by atoms with Crippen molar-refractivity contribution in [3.05, 3.63) is 46.0 Å². The summed E-state index contributed by atoms with van der Waals surface area (Å²) in [6, 6.07) is 6.06. The molecule has 0 aliphatic rings. The molecule has 1 N–H and O–H groups in total. The predicted octanol–water partition coefficient (Wildman–Crippen LogP) is 2.45. The molecule has 1 aromatic rings. The van der Waals surface area contributed by atoms with Crippen LogP contribution in [0.25, 0.3) is 0 Å². The van der Waals surface area contributed by atoms with Crippen molar-refractivity contribution in [3.63, 3.8) is 0 Å². The minimum Gasteiger partial charge on any atom is -0.380 e. The average molecular weight is 217 g/mol. The molecule has 5 heteroatoms. The number of rotatable bonds is 4. The Bertz CT molecular complexity index is 475. The van der Waals surface area contributed by atoms with E-state index >= 15 is 0 Å². The van der Waals surface area contributed by atoms with E-state index in [9.17, 15) is 10.1 Å². The highest BCUT2D eigenvalue weighted by Crippen LogP contribution is 2.21. The number of anilines is 1. The number of nitro groups is 1. The van der Waals surface area contributed by atoms with Crippen molar-refractivity contribution < 1.29 is 4.92 Å². The fraction of sp³-hybridized carbons (Fsp3) is 0.182. The maximum atomic E-state index is 10.5. The zero-order valence-electron chi connectivity index (χ0n) is 8.86. The Labute approximate surface area is 93.2 Å². The van der Waals surface area contributed by atoms with E-state index in [1.807, 2.05) is 13.0 Å². The summed E-state index contributed by atoms with van der Waals surface area (Å²) in [6.07, 6.45) is 0. The van der Waals surface area contributed by atoms with Gasteiger partial charge in [-0.2, -0.15) is 5.26 Å². The van der Waals surface area contributed by atoms with Crippen molar-refractivity contribution in [2.24, 2.45) is 0 Å². The Hall–Kier alpha value is -2.35. The van der Waals surface area contributed by atoms with E-state index in [2.05, 4.69) is 11.9 Å². The van der Waals surface area contributed by atoms with E-state index in [0.717, 1.165) is 5.57 Å². The Morgan fingerprint density at radius 1 is 1.69 bits per heavy atom. The van der Waals surface area contributed by atoms with E-state index in [1.165, 1.54) is 18.2 Å². The fourth-order valence-corrected chi connectivity index (χ4v) is 1.14. The van der Waals surface area contributed by atoms with Crippen LogP contribution in [-0.2, 0) is 0 Å². The molecular weight excluding hydrogens is 206 g/mol. The normalized spacial score (nSPS) is 9.25. The summed E-state index contributed by atoms with van der Waals surface area (Å²) in [5, 5.41) is 22.3. The monoisotopic (exact) mass is 217 g/mol. The lowest BCUT2D eigenvalue weighted by Gasteiger charge is -2.07. The Morgan fingerprint density at radius 2 is 2.38 bits per heavy atom. The van der Waals surface area contributed by atoms with E-state index in [4.69, 9.17) is 5.26 Å². The lowest BCUT2D eigenvalue weighted by atomic mass is 10.1. The van der Waals surface area contributed by atoms with Crippen LogP contribution >= 0.6 is 0 Å². The Kier molecular flexibility index (Phi) is 3.62. The van der Waals surface area contributed by atoms with Crippen molar-refractivity contribution in [2.75, 3.05) is 11.9 Å². The van der Waals surface area contributed by atoms with Crippen molar-refractivity contribution in [1.82, 2.24) is 0 Å². The summed E-state index contributed by atoms with van der Waals surface area (Å²) in [5.41, 5.74) is 1.67. The molecule has 16 heavy (non-hydrogen) atoms. The molecule has 0 heterocycles. The topological polar surface area (TPSA) is 79.0 Å². The van der Waals surface area contributed by atoms with E-state index in [-0.39, 0.29) is 11.3 Å². The Morgan fingerprint density at radius 3 is 2.88 bits per heavy atom. The van der Waals surface area contributed by atoms with Gasteiger partial charge >= 0.3 is 0 Å². The second-order valence-corrected chi connectivity index (χ2v) is 3.41. The van der Waals surface area contributed by atoms with Crippen LogP contribution in [-0.4, -0.2) is 11.5 Å². The third kappa shape index (κ3) is 2.82. The molecule has 0 atom stereocenters. The van der Waals surface area contributed by atoms with Gasteiger partial charge in [-0.3, -0.25) is 10.1 Å². The van der Waals surface area contributed by atoms with Crippen molar-refractivity contribution >= 4 is 11.4 Å². The molecule has 5 nitrogen and oxygen atoms in total. The third-order valence-corrected chi connectivity index (χ3v) is 1.92. The number of nitro benzene ring substituents is 1. The molecule has 1 rings (SSSR count). The van der Waals surface area contributed by atoms with Gasteiger partial charge < -0.3 is 5.32 Å². The number of hydrogen-bond acceptors (Lipinski definition) is 4. The second kappa shape index (κ2) is 4.94. The third-order valence-electron chi connectivity index (χ3n) is 1.92. The van der Waals surface area contributed by atoms with E-state index < -0.39 is 4.92 Å². The highest BCUT2D eigenvalue weighted by molar-refractivity contribution is 5.61. The standard InChI is InChI=1S/C11H11N3O2/c1-8(2)7-13-11-4-3-10(14(15)16)5-9(11)6-12/h3-5,13H,1,7H2,2H3. The van der Waals surface area contributed by atoms with Gasteiger partial charge in [-0.25, -0.2) is 0 Å². The highest BCUT2D eigenvalue weighted by atomic mass is 16.6. The predicted molar refractivity (Wildman–Crippen MR) is 61.1 cm³/mol. The molecule has 0 saturated heterocycles. The molecule has 82 valence electrons. The number of nitrogens with one attached hydrogen (secondary N) is 1. The lowest BCUT2D eigenvalue weighted by molar-refractivity contribution is -0.384. The van der Waals surface area contributed by atoms with Crippen LogP contribution in [0.3, 0.4) is 0 Å². The summed E-state index contributed by atoms with van der Waals surface area (Å²) in [7, 11) is 0. The Balaban J connectivity index is 2.99. The number of benzene rings is 1. The highest BCUT2D eigenvalue weighted by Gasteiger charge is 2.09. The lowest BCUT2D eigenvalue weighted by Crippen LogP contribution is -2.04. The molecular formula is C11H11N3O2. The first kappa shape index (κ1) is 11.7. The maximum absolute atomic E-state index is 10.5. The van der Waals surface area contributed by atoms with Crippen molar-refractivity contribution in [3.8, 4) is 6.07 Å². The molecule has 0 unspecified atom stereocenters. The van der Waals surface area contributed by atoms with Gasteiger partial charge in [0.25, 0.3) is 5.69 Å². The minimum absolute atomic E-state index is 0.0857. The van der Waals surface area contributed by atoms with Crippen LogP contribution < -0.4 is 5.32 Å². The first-order chi connectivity index (χ1) is 7.54. The number of non-ortho nitro benzene ring substituents is 1. The molecule has 0 aliphatic heterocycles. The zero-order chi connectivity index (χ0) is 12.1. The largest absolute Gasteiger partial charge is 0.380 e. The van der Waals surface area contributed by atoms with Gasteiger partial charge in [-0.1, -0.05) is 12.2 Å². The van der Waals surface area contributed by atoms with Crippen molar-refractivity contribution in [2.45, 2.75) is 6.92 Å². The first-order valence-corrected chi connectivity index (χ1v) is 4.61. The minimum atomic E-state index is -0.524. The van der Waals surface area contributed by atoms with Gasteiger partial charge in [0.05, 0.1) is 16.2 Å². The van der Waals surface area contributed by atoms with Gasteiger partial charge in [0, 0.05) is 18.7 Å². The smallest absolute Gasteiger partial charge is 0.270 e. The van der Waals surface area contributed by atoms with Gasteiger partial charge in [0.15, 0.2) is 0 Å². The van der Waals surface area contributed by atoms with Gasteiger partial charge in [0.1, 0.15) is 6.07 Å². The van der Waals surface area contributed by atoms with Crippen LogP contribution in [0, 0.1) is 21.4 Å². The van der Waals surface area contributed by atoms with E-state index in [0.29, 0.717) is 12.2 Å². The number of nitriles is 1. The molecule has 0 amide bonds. The molecule has 1 aromatic carbocycles. The molecule has 0 fully saturated rings. The van der Waals surface area contributed by atoms with Crippen LogP contribution in [0.1, 0.15) is 12.5 Å². The molecule has 0 saturated carbocycles. The summed E-state index contributed by atoms with van der Waals surface area (Å²) < 4.78 is 0. The summed E-state index contributed by atoms with van der Waals surface area (Å²) in [6.45, 7) is 6.10. The zero-order valence-corrected chi connectivity index (χ0v) is 8.86. The number of nitrogens with zero attached hydrogens (tertiary/aromatic N) is 2. The molecule has 0 spiro atoms. The first-order valence-electron chi connectivity index (χ1n) is 4.61. The SMILES string of the molecule is C=C(C)CNc1ccc([N+](=O)[O-])cc1C#N. The van der Waals surface area contributed by atoms with Crippen molar-refractivity contribution in [1.29, 1.82) is 5.26 Å². The quantitative estimate of drug-likeness (QED) is 0.477. The van der Waals surface area contributed by atoms with Crippen LogP contribution in [0.2, 0.25) is 0 Å². The summed E-state index contributed by atoms with van der Waals surface area (Å²) in [5.74, 6) is 0. The van der Waals surface area contributed by atoms with Gasteiger partial charge in [-0.15, -0.1) is 0 Å². The molecule has 0 bridgehead atoms. The molecule has 0 aromatic heterocycles. The number of hydrogen-bond donors (Lipinski definition) is 1. The molecule has 0 radical (unpaired) electrons. The summed E-state index contributed by atoms with van der Waals surface area (Å²) >= 11 is 0. The average Bonchev–Trinajstić information content (AvgIpc) is 2.25. The van der Waals surface area contributed by atoms with Crippen LogP contribution in [0.4, 0.5) is 11.4 Å². The van der Waals surface area contributed by atoms with Gasteiger partial charge in [-0.05, 0) is 13.0 Å². The van der Waals surface area contributed by atoms with Crippen LogP contribution in [0.5, 0.6) is 0 Å². The van der Waals surface area contributed by atoms with Crippen LogP contribution in [0.15, 0.2) is 30.4 Å². The summed E-state index contributed by atoms with van der Waals surface area (Å²) in [4.78, 5) is 9.98. The second-order valence-electron chi connectivity index (χ2n) is 3.41. The fourth-order valence-electron chi connectivity index (χ4n) is 1.14. The van der Waals surface area contributed by atoms with E-state index in [1.54, 1.807) is 0 Å². The molecule has 0 aliphatic carbocycles. The van der Waals surface area contributed by atoms with Gasteiger partial charge in [0.2, 0.25) is 0 Å².